The first-order valence-corrected chi connectivity index (χ1v) is 4.80. The lowest BCUT2D eigenvalue weighted by Crippen LogP contribution is -2.12. The number of ketones is 1. The summed E-state index contributed by atoms with van der Waals surface area (Å²) in [7, 11) is 1.22. The highest BCUT2D eigenvalue weighted by molar-refractivity contribution is 6.07. The van der Waals surface area contributed by atoms with Gasteiger partial charge in [-0.3, -0.25) is 4.79 Å². The third-order valence-corrected chi connectivity index (χ3v) is 2.20. The summed E-state index contributed by atoms with van der Waals surface area (Å²) in [5.74, 6) is -0.841. The summed E-state index contributed by atoms with van der Waals surface area (Å²) in [4.78, 5) is 23.1. The average Bonchev–Trinajstić information content (AvgIpc) is 2.35. The summed E-state index contributed by atoms with van der Waals surface area (Å²) in [6.45, 7) is 1.70. The largest absolute Gasteiger partial charge is 0.465 e. The Morgan fingerprint density at radius 2 is 2.12 bits per heavy atom. The number of ether oxygens (including phenoxy) is 1. The standard InChI is InChI=1S/C12H11NO3/c1-3-10(14)9-6-4-5-8(7-13)11(9)12(15)16-2/h4-6H,3H2,1-2H3. The van der Waals surface area contributed by atoms with Crippen LogP contribution in [0.25, 0.3) is 0 Å². The van der Waals surface area contributed by atoms with E-state index >= 15 is 0 Å². The van der Waals surface area contributed by atoms with E-state index < -0.39 is 5.97 Å². The highest BCUT2D eigenvalue weighted by Gasteiger charge is 2.20. The van der Waals surface area contributed by atoms with Gasteiger partial charge in [-0.25, -0.2) is 4.79 Å². The van der Waals surface area contributed by atoms with Crippen LogP contribution in [0.5, 0.6) is 0 Å². The first-order chi connectivity index (χ1) is 7.65. The number of methoxy groups -OCH3 is 1. The average molecular weight is 217 g/mol. The summed E-state index contributed by atoms with van der Waals surface area (Å²) >= 11 is 0. The molecule has 82 valence electrons. The molecule has 0 aromatic heterocycles. The lowest BCUT2D eigenvalue weighted by Gasteiger charge is -2.07. The highest BCUT2D eigenvalue weighted by Crippen LogP contribution is 2.17. The minimum atomic E-state index is -0.658. The summed E-state index contributed by atoms with van der Waals surface area (Å²) in [5.41, 5.74) is 0.457. The van der Waals surface area contributed by atoms with Crippen molar-refractivity contribution in [2.75, 3.05) is 7.11 Å². The smallest absolute Gasteiger partial charge is 0.339 e. The molecule has 0 amide bonds. The van der Waals surface area contributed by atoms with Gasteiger partial charge in [0, 0.05) is 12.0 Å². The molecule has 0 aliphatic rings. The molecular weight excluding hydrogens is 206 g/mol. The molecule has 0 unspecified atom stereocenters. The van der Waals surface area contributed by atoms with Crippen LogP contribution in [0, 0.1) is 11.3 Å². The fraction of sp³-hybridized carbons (Fsp3) is 0.250. The maximum atomic E-state index is 11.6. The van der Waals surface area contributed by atoms with Crippen LogP contribution in [0.15, 0.2) is 18.2 Å². The number of benzene rings is 1. The molecule has 4 heteroatoms. The molecule has 0 aliphatic heterocycles. The van der Waals surface area contributed by atoms with E-state index in [9.17, 15) is 9.59 Å². The molecule has 1 rings (SSSR count). The Bertz CT molecular complexity index is 472. The molecule has 1 aromatic carbocycles. The molecule has 16 heavy (non-hydrogen) atoms. The fourth-order valence-electron chi connectivity index (χ4n) is 1.39. The Kier molecular flexibility index (Phi) is 3.78. The van der Waals surface area contributed by atoms with Gasteiger partial charge < -0.3 is 4.74 Å². The van der Waals surface area contributed by atoms with Gasteiger partial charge in [-0.05, 0) is 6.07 Å². The van der Waals surface area contributed by atoms with E-state index in [0.29, 0.717) is 0 Å². The molecule has 0 bridgehead atoms. The van der Waals surface area contributed by atoms with E-state index in [2.05, 4.69) is 4.74 Å². The van der Waals surface area contributed by atoms with Crippen molar-refractivity contribution < 1.29 is 14.3 Å². The lowest BCUT2D eigenvalue weighted by molar-refractivity contribution is 0.0596. The maximum absolute atomic E-state index is 11.6. The van der Waals surface area contributed by atoms with Gasteiger partial charge in [0.1, 0.15) is 6.07 Å². The van der Waals surface area contributed by atoms with E-state index in [1.165, 1.54) is 19.2 Å². The predicted molar refractivity (Wildman–Crippen MR) is 57.1 cm³/mol. The molecule has 0 heterocycles. The van der Waals surface area contributed by atoms with Crippen molar-refractivity contribution in [3.05, 3.63) is 34.9 Å². The van der Waals surface area contributed by atoms with Gasteiger partial charge in [-0.2, -0.15) is 5.26 Å². The van der Waals surface area contributed by atoms with Crippen LogP contribution in [-0.4, -0.2) is 18.9 Å². The van der Waals surface area contributed by atoms with E-state index in [1.807, 2.05) is 6.07 Å². The number of nitriles is 1. The van der Waals surface area contributed by atoms with E-state index in [4.69, 9.17) is 5.26 Å². The van der Waals surface area contributed by atoms with Crippen LogP contribution < -0.4 is 0 Å². The van der Waals surface area contributed by atoms with Crippen LogP contribution in [0.1, 0.15) is 39.6 Å². The molecule has 0 saturated carbocycles. The quantitative estimate of drug-likeness (QED) is 0.573. The van der Waals surface area contributed by atoms with Crippen molar-refractivity contribution in [1.29, 1.82) is 5.26 Å². The van der Waals surface area contributed by atoms with E-state index in [0.717, 1.165) is 0 Å². The molecule has 0 aliphatic carbocycles. The van der Waals surface area contributed by atoms with Crippen LogP contribution in [0.4, 0.5) is 0 Å². The second kappa shape index (κ2) is 5.08. The second-order valence-corrected chi connectivity index (χ2v) is 3.11. The predicted octanol–water partition coefficient (Wildman–Crippen LogP) is 1.94. The Morgan fingerprint density at radius 1 is 1.44 bits per heavy atom. The maximum Gasteiger partial charge on any atom is 0.339 e. The van der Waals surface area contributed by atoms with Gasteiger partial charge in [-0.1, -0.05) is 19.1 Å². The van der Waals surface area contributed by atoms with Gasteiger partial charge in [-0.15, -0.1) is 0 Å². The monoisotopic (exact) mass is 217 g/mol. The zero-order chi connectivity index (χ0) is 12.1. The summed E-state index contributed by atoms with van der Waals surface area (Å²) in [5, 5.41) is 8.87. The van der Waals surface area contributed by atoms with Gasteiger partial charge in [0.25, 0.3) is 0 Å². The Hall–Kier alpha value is -2.15. The Labute approximate surface area is 93.5 Å². The molecule has 4 nitrogen and oxygen atoms in total. The first kappa shape index (κ1) is 11.9. The highest BCUT2D eigenvalue weighted by atomic mass is 16.5. The summed E-state index contributed by atoms with van der Waals surface area (Å²) < 4.78 is 4.57. The van der Waals surface area contributed by atoms with Crippen molar-refractivity contribution in [3.8, 4) is 6.07 Å². The zero-order valence-electron chi connectivity index (χ0n) is 9.11. The minimum absolute atomic E-state index is 0.0550. The molecule has 1 aromatic rings. The van der Waals surface area contributed by atoms with Crippen molar-refractivity contribution in [2.45, 2.75) is 13.3 Å². The normalized spacial score (nSPS) is 9.31. The lowest BCUT2D eigenvalue weighted by atomic mass is 9.97. The number of esters is 1. The first-order valence-electron chi connectivity index (χ1n) is 4.80. The molecule has 0 fully saturated rings. The van der Waals surface area contributed by atoms with Crippen molar-refractivity contribution in [3.63, 3.8) is 0 Å². The zero-order valence-corrected chi connectivity index (χ0v) is 9.11. The molecule has 0 saturated heterocycles. The minimum Gasteiger partial charge on any atom is -0.465 e. The van der Waals surface area contributed by atoms with Gasteiger partial charge >= 0.3 is 5.97 Å². The molecule has 0 spiro atoms. The SMILES string of the molecule is CCC(=O)c1cccc(C#N)c1C(=O)OC. The number of hydrogen-bond acceptors (Lipinski definition) is 4. The Balaban J connectivity index is 3.45. The number of nitrogens with zero attached hydrogens (tertiary/aromatic N) is 1. The van der Waals surface area contributed by atoms with Crippen LogP contribution in [0.2, 0.25) is 0 Å². The van der Waals surface area contributed by atoms with E-state index in [-0.39, 0.29) is 28.9 Å². The van der Waals surface area contributed by atoms with E-state index in [1.54, 1.807) is 13.0 Å². The van der Waals surface area contributed by atoms with Crippen LogP contribution >= 0.6 is 0 Å². The number of carbonyl (C=O) groups is 2. The van der Waals surface area contributed by atoms with Crippen molar-refractivity contribution in [2.24, 2.45) is 0 Å². The van der Waals surface area contributed by atoms with Crippen molar-refractivity contribution in [1.82, 2.24) is 0 Å². The molecule has 0 radical (unpaired) electrons. The number of hydrogen-bond donors (Lipinski definition) is 0. The Morgan fingerprint density at radius 3 is 2.62 bits per heavy atom. The third-order valence-electron chi connectivity index (χ3n) is 2.20. The molecule has 0 atom stereocenters. The number of rotatable bonds is 3. The topological polar surface area (TPSA) is 67.2 Å². The third kappa shape index (κ3) is 2.09. The number of carbonyl (C=O) groups excluding carboxylic acids is 2. The molecule has 0 N–H and O–H groups in total. The molecular formula is C12H11NO3. The summed E-state index contributed by atoms with van der Waals surface area (Å²) in [6, 6.07) is 6.47. The van der Waals surface area contributed by atoms with Crippen LogP contribution in [-0.2, 0) is 4.74 Å². The van der Waals surface area contributed by atoms with Crippen LogP contribution in [0.3, 0.4) is 0 Å². The fourth-order valence-corrected chi connectivity index (χ4v) is 1.39. The van der Waals surface area contributed by atoms with Gasteiger partial charge in [0.2, 0.25) is 0 Å². The van der Waals surface area contributed by atoms with Gasteiger partial charge in [0.15, 0.2) is 5.78 Å². The summed E-state index contributed by atoms with van der Waals surface area (Å²) in [6.07, 6.45) is 0.277. The van der Waals surface area contributed by atoms with Crippen molar-refractivity contribution >= 4 is 11.8 Å². The van der Waals surface area contributed by atoms with Gasteiger partial charge in [0.05, 0.1) is 18.2 Å². The second-order valence-electron chi connectivity index (χ2n) is 3.11. The number of Topliss-reactive ketones (excluding diaryl/α,β-unsaturated/α-hetero) is 1.